The molecule has 15 heavy (non-hydrogen) atoms. The molecule has 3 unspecified atom stereocenters. The lowest BCUT2D eigenvalue weighted by molar-refractivity contribution is 0.0233. The summed E-state index contributed by atoms with van der Waals surface area (Å²) in [4.78, 5) is 0. The molecule has 0 radical (unpaired) electrons. The molecule has 3 atom stereocenters. The van der Waals surface area contributed by atoms with Crippen LogP contribution in [0.15, 0.2) is 0 Å². The van der Waals surface area contributed by atoms with Gasteiger partial charge in [-0.05, 0) is 38.0 Å². The topological polar surface area (TPSA) is 35.2 Å². The van der Waals surface area contributed by atoms with Crippen molar-refractivity contribution in [2.75, 3.05) is 6.61 Å². The normalized spacial score (nSPS) is 22.4. The smallest absolute Gasteiger partial charge is 0.0753 e. The van der Waals surface area contributed by atoms with Gasteiger partial charge >= 0.3 is 0 Å². The van der Waals surface area contributed by atoms with E-state index in [1.807, 2.05) is 0 Å². The van der Waals surface area contributed by atoms with Crippen molar-refractivity contribution in [3.05, 3.63) is 0 Å². The highest BCUT2D eigenvalue weighted by Gasteiger charge is 2.35. The van der Waals surface area contributed by atoms with Crippen molar-refractivity contribution in [1.82, 2.24) is 0 Å². The van der Waals surface area contributed by atoms with Crippen LogP contribution in [0.4, 0.5) is 0 Å². The monoisotopic (exact) mass is 213 g/mol. The largest absolute Gasteiger partial charge is 0.377 e. The molecule has 1 saturated carbocycles. The van der Waals surface area contributed by atoms with Crippen molar-refractivity contribution in [2.45, 2.75) is 65.0 Å². The van der Waals surface area contributed by atoms with Gasteiger partial charge in [-0.3, -0.25) is 0 Å². The Kier molecular flexibility index (Phi) is 5.62. The van der Waals surface area contributed by atoms with Gasteiger partial charge in [0.25, 0.3) is 0 Å². The molecule has 1 aliphatic rings. The minimum absolute atomic E-state index is 0.249. The molecule has 1 rings (SSSR count). The fourth-order valence-corrected chi connectivity index (χ4v) is 2.44. The zero-order valence-electron chi connectivity index (χ0n) is 10.5. The second-order valence-electron chi connectivity index (χ2n) is 5.05. The number of rotatable bonds is 8. The van der Waals surface area contributed by atoms with Crippen LogP contribution in [-0.2, 0) is 4.74 Å². The van der Waals surface area contributed by atoms with Gasteiger partial charge in [-0.25, -0.2) is 0 Å². The summed E-state index contributed by atoms with van der Waals surface area (Å²) < 4.78 is 5.78. The first-order chi connectivity index (χ1) is 7.19. The lowest BCUT2D eigenvalue weighted by Crippen LogP contribution is -2.39. The maximum Gasteiger partial charge on any atom is 0.0753 e. The molecule has 0 heterocycles. The molecule has 0 aromatic heterocycles. The average molecular weight is 213 g/mol. The zero-order valence-corrected chi connectivity index (χ0v) is 10.5. The molecule has 2 heteroatoms. The fraction of sp³-hybridized carbons (Fsp3) is 1.00. The molecule has 0 bridgehead atoms. The van der Waals surface area contributed by atoms with Crippen molar-refractivity contribution >= 4 is 0 Å². The van der Waals surface area contributed by atoms with Gasteiger partial charge in [-0.15, -0.1) is 0 Å². The fourth-order valence-electron chi connectivity index (χ4n) is 2.44. The van der Waals surface area contributed by atoms with E-state index in [9.17, 15) is 0 Å². The van der Waals surface area contributed by atoms with Gasteiger partial charge in [-0.1, -0.05) is 26.7 Å². The first-order valence-corrected chi connectivity index (χ1v) is 6.56. The van der Waals surface area contributed by atoms with Crippen LogP contribution in [0.5, 0.6) is 0 Å². The molecule has 90 valence electrons. The second kappa shape index (κ2) is 6.49. The van der Waals surface area contributed by atoms with E-state index in [0.29, 0.717) is 6.10 Å². The highest BCUT2D eigenvalue weighted by atomic mass is 16.5. The molecular weight excluding hydrogens is 186 g/mol. The lowest BCUT2D eigenvalue weighted by Gasteiger charge is -2.26. The van der Waals surface area contributed by atoms with Crippen molar-refractivity contribution in [3.63, 3.8) is 0 Å². The van der Waals surface area contributed by atoms with Gasteiger partial charge in [0.1, 0.15) is 0 Å². The molecule has 0 aromatic rings. The molecule has 1 fully saturated rings. The predicted octanol–water partition coefficient (Wildman–Crippen LogP) is 2.96. The number of nitrogens with two attached hydrogens (primary N) is 1. The van der Waals surface area contributed by atoms with E-state index in [4.69, 9.17) is 10.5 Å². The third-order valence-electron chi connectivity index (χ3n) is 3.32. The summed E-state index contributed by atoms with van der Waals surface area (Å²) in [7, 11) is 0. The summed E-state index contributed by atoms with van der Waals surface area (Å²) in [6, 6.07) is 0.249. The SMILES string of the molecule is CCCC(C)CC(N)C(OCC)C1CC1. The number of hydrogen-bond acceptors (Lipinski definition) is 2. The number of hydrogen-bond donors (Lipinski definition) is 1. The van der Waals surface area contributed by atoms with E-state index in [1.165, 1.54) is 25.7 Å². The Balaban J connectivity index is 2.30. The Hall–Kier alpha value is -0.0800. The average Bonchev–Trinajstić information content (AvgIpc) is 2.97. The quantitative estimate of drug-likeness (QED) is 0.673. The van der Waals surface area contributed by atoms with Crippen molar-refractivity contribution < 1.29 is 4.74 Å². The van der Waals surface area contributed by atoms with E-state index in [-0.39, 0.29) is 6.04 Å². The molecule has 1 aliphatic carbocycles. The highest BCUT2D eigenvalue weighted by molar-refractivity contribution is 4.89. The van der Waals surface area contributed by atoms with Gasteiger partial charge in [0.05, 0.1) is 6.10 Å². The van der Waals surface area contributed by atoms with E-state index in [1.54, 1.807) is 0 Å². The molecule has 0 aromatic carbocycles. The van der Waals surface area contributed by atoms with Crippen LogP contribution in [0.3, 0.4) is 0 Å². The summed E-state index contributed by atoms with van der Waals surface area (Å²) in [5.41, 5.74) is 6.25. The van der Waals surface area contributed by atoms with E-state index < -0.39 is 0 Å². The minimum Gasteiger partial charge on any atom is -0.377 e. The van der Waals surface area contributed by atoms with Crippen LogP contribution in [-0.4, -0.2) is 18.8 Å². The van der Waals surface area contributed by atoms with E-state index in [0.717, 1.165) is 24.9 Å². The van der Waals surface area contributed by atoms with E-state index in [2.05, 4.69) is 20.8 Å². The third-order valence-corrected chi connectivity index (χ3v) is 3.32. The summed E-state index contributed by atoms with van der Waals surface area (Å²) in [5, 5.41) is 0. The minimum atomic E-state index is 0.249. The van der Waals surface area contributed by atoms with E-state index >= 15 is 0 Å². The predicted molar refractivity (Wildman–Crippen MR) is 64.8 cm³/mol. The summed E-state index contributed by atoms with van der Waals surface area (Å²) in [5.74, 6) is 1.50. The molecule has 2 nitrogen and oxygen atoms in total. The Labute approximate surface area is 94.6 Å². The molecule has 0 spiro atoms. The van der Waals surface area contributed by atoms with Crippen LogP contribution >= 0.6 is 0 Å². The third kappa shape index (κ3) is 4.52. The highest BCUT2D eigenvalue weighted by Crippen LogP contribution is 2.36. The van der Waals surface area contributed by atoms with Gasteiger partial charge in [0, 0.05) is 12.6 Å². The van der Waals surface area contributed by atoms with Gasteiger partial charge < -0.3 is 10.5 Å². The van der Waals surface area contributed by atoms with Crippen LogP contribution in [0.1, 0.15) is 52.9 Å². The molecule has 0 aliphatic heterocycles. The first kappa shape index (κ1) is 13.0. The lowest BCUT2D eigenvalue weighted by atomic mass is 9.93. The summed E-state index contributed by atoms with van der Waals surface area (Å²) >= 11 is 0. The maximum absolute atomic E-state index is 6.25. The summed E-state index contributed by atoms with van der Waals surface area (Å²) in [6.07, 6.45) is 6.64. The summed E-state index contributed by atoms with van der Waals surface area (Å²) in [6.45, 7) is 7.41. The van der Waals surface area contributed by atoms with Crippen molar-refractivity contribution in [3.8, 4) is 0 Å². The van der Waals surface area contributed by atoms with Crippen LogP contribution in [0.25, 0.3) is 0 Å². The Morgan fingerprint density at radius 1 is 1.33 bits per heavy atom. The molecule has 0 amide bonds. The van der Waals surface area contributed by atoms with Crippen molar-refractivity contribution in [1.29, 1.82) is 0 Å². The van der Waals surface area contributed by atoms with Crippen LogP contribution < -0.4 is 5.73 Å². The van der Waals surface area contributed by atoms with Gasteiger partial charge in [-0.2, -0.15) is 0 Å². The van der Waals surface area contributed by atoms with Crippen LogP contribution in [0, 0.1) is 11.8 Å². The Bertz CT molecular complexity index is 168. The molecule has 2 N–H and O–H groups in total. The van der Waals surface area contributed by atoms with Gasteiger partial charge in [0.2, 0.25) is 0 Å². The number of ether oxygens (including phenoxy) is 1. The van der Waals surface area contributed by atoms with Gasteiger partial charge in [0.15, 0.2) is 0 Å². The molecule has 0 saturated heterocycles. The Morgan fingerprint density at radius 3 is 2.47 bits per heavy atom. The van der Waals surface area contributed by atoms with Crippen LogP contribution in [0.2, 0.25) is 0 Å². The zero-order chi connectivity index (χ0) is 11.3. The van der Waals surface area contributed by atoms with Crippen molar-refractivity contribution in [2.24, 2.45) is 17.6 Å². The standard InChI is InChI=1S/C13H27NO/c1-4-6-10(3)9-12(14)13(15-5-2)11-7-8-11/h10-13H,4-9,14H2,1-3H3. The second-order valence-corrected chi connectivity index (χ2v) is 5.05. The maximum atomic E-state index is 6.25. The first-order valence-electron chi connectivity index (χ1n) is 6.56. The molecular formula is C13H27NO. The Morgan fingerprint density at radius 2 is 2.00 bits per heavy atom.